The van der Waals surface area contributed by atoms with Gasteiger partial charge in [-0.3, -0.25) is 9.48 Å². The van der Waals surface area contributed by atoms with Gasteiger partial charge in [-0.2, -0.15) is 9.40 Å². The third-order valence-electron chi connectivity index (χ3n) is 4.98. The van der Waals surface area contributed by atoms with Crippen LogP contribution in [0, 0.1) is 0 Å². The van der Waals surface area contributed by atoms with Crippen LogP contribution in [0.2, 0.25) is 5.02 Å². The summed E-state index contributed by atoms with van der Waals surface area (Å²) in [5.41, 5.74) is 0.994. The van der Waals surface area contributed by atoms with E-state index in [-0.39, 0.29) is 10.6 Å². The minimum Gasteiger partial charge on any atom is -0.368 e. The number of amides is 1. The number of rotatable bonds is 8. The number of aromatic nitrogens is 2. The van der Waals surface area contributed by atoms with E-state index >= 15 is 0 Å². The maximum absolute atomic E-state index is 13.3. The molecule has 0 saturated carbocycles. The van der Waals surface area contributed by atoms with E-state index in [2.05, 4.69) is 15.3 Å². The zero-order chi connectivity index (χ0) is 21.7. The molecule has 0 spiro atoms. The maximum Gasteiger partial charge on any atom is 0.263 e. The third kappa shape index (κ3) is 4.79. The van der Waals surface area contributed by atoms with Crippen molar-refractivity contribution in [3.63, 3.8) is 0 Å². The van der Waals surface area contributed by atoms with Gasteiger partial charge in [0.25, 0.3) is 15.9 Å². The Morgan fingerprint density at radius 1 is 1.13 bits per heavy atom. The van der Waals surface area contributed by atoms with E-state index in [0.29, 0.717) is 44.3 Å². The average Bonchev–Trinajstić information content (AvgIpc) is 3.18. The molecule has 0 aliphatic carbocycles. The molecule has 1 amide bonds. The van der Waals surface area contributed by atoms with Crippen LogP contribution in [-0.4, -0.2) is 61.1 Å². The Kier molecular flexibility index (Phi) is 7.38. The number of para-hydroxylation sites is 1. The lowest BCUT2D eigenvalue weighted by molar-refractivity contribution is 0.0950. The number of nitrogens with one attached hydrogen (secondary N) is 1. The van der Waals surface area contributed by atoms with Crippen molar-refractivity contribution in [3.05, 3.63) is 41.0 Å². The summed E-state index contributed by atoms with van der Waals surface area (Å²) in [6, 6.07) is 7.52. The molecule has 1 aromatic heterocycles. The number of aryl methyl sites for hydroxylation is 1. The molecule has 0 bridgehead atoms. The number of carbonyl (C=O) groups is 1. The van der Waals surface area contributed by atoms with E-state index in [1.807, 2.05) is 38.1 Å². The summed E-state index contributed by atoms with van der Waals surface area (Å²) in [6.45, 7) is 6.55. The summed E-state index contributed by atoms with van der Waals surface area (Å²) in [5.74, 6) is -0.410. The average molecular weight is 454 g/mol. The second-order valence-corrected chi connectivity index (χ2v) is 9.47. The van der Waals surface area contributed by atoms with Gasteiger partial charge in [-0.25, -0.2) is 8.42 Å². The van der Waals surface area contributed by atoms with Gasteiger partial charge in [0.15, 0.2) is 0 Å². The number of sulfonamides is 1. The number of nitrogens with zero attached hydrogens (tertiary/aromatic N) is 4. The van der Waals surface area contributed by atoms with E-state index in [1.165, 1.54) is 15.2 Å². The van der Waals surface area contributed by atoms with Gasteiger partial charge in [-0.05, 0) is 25.0 Å². The van der Waals surface area contributed by atoms with Crippen molar-refractivity contribution in [3.8, 4) is 0 Å². The zero-order valence-corrected chi connectivity index (χ0v) is 18.9. The minimum absolute atomic E-state index is 0.102. The summed E-state index contributed by atoms with van der Waals surface area (Å²) >= 11 is 6.28. The zero-order valence-electron chi connectivity index (χ0n) is 17.3. The van der Waals surface area contributed by atoms with E-state index in [4.69, 9.17) is 11.6 Å². The number of halogens is 1. The van der Waals surface area contributed by atoms with Crippen LogP contribution in [0.5, 0.6) is 0 Å². The quantitative estimate of drug-likeness (QED) is 0.663. The number of carbonyl (C=O) groups excluding carboxylic acids is 1. The van der Waals surface area contributed by atoms with Crippen LogP contribution in [0.4, 0.5) is 5.69 Å². The lowest BCUT2D eigenvalue weighted by Gasteiger charge is -2.35. The number of piperazine rings is 1. The molecule has 1 aliphatic rings. The van der Waals surface area contributed by atoms with Gasteiger partial charge in [-0.15, -0.1) is 0 Å². The molecular weight excluding hydrogens is 426 g/mol. The highest BCUT2D eigenvalue weighted by atomic mass is 35.5. The molecule has 1 fully saturated rings. The molecule has 8 nitrogen and oxygen atoms in total. The van der Waals surface area contributed by atoms with E-state index in [1.54, 1.807) is 0 Å². The van der Waals surface area contributed by atoms with Crippen LogP contribution < -0.4 is 10.2 Å². The molecule has 0 atom stereocenters. The molecule has 1 N–H and O–H groups in total. The van der Waals surface area contributed by atoms with E-state index in [0.717, 1.165) is 18.5 Å². The molecule has 1 saturated heterocycles. The molecule has 3 rings (SSSR count). The maximum atomic E-state index is 13.3. The van der Waals surface area contributed by atoms with Crippen molar-refractivity contribution < 1.29 is 13.2 Å². The Morgan fingerprint density at radius 3 is 2.47 bits per heavy atom. The second-order valence-electron chi connectivity index (χ2n) is 7.21. The summed E-state index contributed by atoms with van der Waals surface area (Å²) in [5, 5.41) is 7.49. The molecule has 164 valence electrons. The van der Waals surface area contributed by atoms with Crippen LogP contribution in [0.1, 0.15) is 37.0 Å². The van der Waals surface area contributed by atoms with Crippen molar-refractivity contribution in [2.45, 2.75) is 38.3 Å². The number of hydrogen-bond donors (Lipinski definition) is 1. The standard InChI is InChI=1S/C20H28ClN5O3S/c1-3-9-22-19(27)16-15-25(10-4-2)23-20(16)30(28,29)26-13-11-24(12-14-26)18-8-6-5-7-17(18)21/h5-8,15H,3-4,9-14H2,1-2H3,(H,22,27). The molecule has 30 heavy (non-hydrogen) atoms. The monoisotopic (exact) mass is 453 g/mol. The molecule has 1 aromatic carbocycles. The first-order valence-corrected chi connectivity index (χ1v) is 12.1. The largest absolute Gasteiger partial charge is 0.368 e. The van der Waals surface area contributed by atoms with Gasteiger partial charge in [0.2, 0.25) is 5.03 Å². The second kappa shape index (κ2) is 9.80. The first-order valence-electron chi connectivity index (χ1n) is 10.2. The summed E-state index contributed by atoms with van der Waals surface area (Å²) < 4.78 is 29.6. The first-order chi connectivity index (χ1) is 14.4. The lowest BCUT2D eigenvalue weighted by atomic mass is 10.2. The van der Waals surface area contributed by atoms with Gasteiger partial charge >= 0.3 is 0 Å². The fraction of sp³-hybridized carbons (Fsp3) is 0.500. The summed E-state index contributed by atoms with van der Waals surface area (Å²) in [7, 11) is -3.90. The van der Waals surface area contributed by atoms with Crippen molar-refractivity contribution in [2.75, 3.05) is 37.6 Å². The molecule has 0 unspecified atom stereocenters. The molecule has 1 aliphatic heterocycles. The fourth-order valence-corrected chi connectivity index (χ4v) is 5.20. The number of benzene rings is 1. The Labute approximate surface area is 182 Å². The van der Waals surface area contributed by atoms with Gasteiger partial charge in [0.05, 0.1) is 16.3 Å². The summed E-state index contributed by atoms with van der Waals surface area (Å²) in [6.07, 6.45) is 3.08. The number of anilines is 1. The minimum atomic E-state index is -3.90. The lowest BCUT2D eigenvalue weighted by Crippen LogP contribution is -2.49. The third-order valence-corrected chi connectivity index (χ3v) is 7.13. The highest BCUT2D eigenvalue weighted by molar-refractivity contribution is 7.89. The Hall–Kier alpha value is -2.10. The van der Waals surface area contributed by atoms with E-state index < -0.39 is 15.9 Å². The topological polar surface area (TPSA) is 87.5 Å². The fourth-order valence-electron chi connectivity index (χ4n) is 3.43. The van der Waals surface area contributed by atoms with Gasteiger partial charge in [0.1, 0.15) is 0 Å². The SMILES string of the molecule is CCCNC(=O)c1cn(CCC)nc1S(=O)(=O)N1CCN(c2ccccc2Cl)CC1. The molecule has 0 radical (unpaired) electrons. The predicted molar refractivity (Wildman–Crippen MR) is 118 cm³/mol. The van der Waals surface area contributed by atoms with Crippen LogP contribution in [-0.2, 0) is 16.6 Å². The van der Waals surface area contributed by atoms with Crippen molar-refractivity contribution in [1.82, 2.24) is 19.4 Å². The van der Waals surface area contributed by atoms with Gasteiger partial charge < -0.3 is 10.2 Å². The predicted octanol–water partition coefficient (Wildman–Crippen LogP) is 2.60. The van der Waals surface area contributed by atoms with Crippen molar-refractivity contribution in [1.29, 1.82) is 0 Å². The van der Waals surface area contributed by atoms with Crippen LogP contribution in [0.3, 0.4) is 0 Å². The summed E-state index contributed by atoms with van der Waals surface area (Å²) in [4.78, 5) is 14.6. The highest BCUT2D eigenvalue weighted by Crippen LogP contribution is 2.27. The molecule has 2 aromatic rings. The Balaban J connectivity index is 1.81. The van der Waals surface area contributed by atoms with Gasteiger partial charge in [0, 0.05) is 45.5 Å². The smallest absolute Gasteiger partial charge is 0.263 e. The van der Waals surface area contributed by atoms with Crippen LogP contribution >= 0.6 is 11.6 Å². The molecular formula is C20H28ClN5O3S. The molecule has 10 heteroatoms. The Morgan fingerprint density at radius 2 is 1.83 bits per heavy atom. The van der Waals surface area contributed by atoms with Crippen molar-refractivity contribution in [2.24, 2.45) is 0 Å². The van der Waals surface area contributed by atoms with E-state index in [9.17, 15) is 13.2 Å². The highest BCUT2D eigenvalue weighted by Gasteiger charge is 2.35. The van der Waals surface area contributed by atoms with Crippen LogP contribution in [0.25, 0.3) is 0 Å². The normalized spacial score (nSPS) is 15.4. The van der Waals surface area contributed by atoms with Crippen LogP contribution in [0.15, 0.2) is 35.5 Å². The van der Waals surface area contributed by atoms with Gasteiger partial charge in [-0.1, -0.05) is 37.6 Å². The molecule has 2 heterocycles. The number of hydrogen-bond acceptors (Lipinski definition) is 5. The Bertz CT molecular complexity index is 984. The van der Waals surface area contributed by atoms with Crippen molar-refractivity contribution >= 4 is 33.2 Å². The first kappa shape index (κ1) is 22.6.